The molecule has 1 atom stereocenters. The van der Waals surface area contributed by atoms with E-state index in [1.165, 1.54) is 0 Å². The van der Waals surface area contributed by atoms with Crippen molar-refractivity contribution in [3.8, 4) is 0 Å². The quantitative estimate of drug-likeness (QED) is 0.811. The summed E-state index contributed by atoms with van der Waals surface area (Å²) in [6.45, 7) is 10.8. The summed E-state index contributed by atoms with van der Waals surface area (Å²) < 4.78 is 6.12. The van der Waals surface area contributed by atoms with Crippen molar-refractivity contribution in [2.75, 3.05) is 0 Å². The average molecular weight is 266 g/mol. The maximum absolute atomic E-state index is 9.09. The van der Waals surface area contributed by atoms with Crippen LogP contribution in [0.5, 0.6) is 0 Å². The van der Waals surface area contributed by atoms with Crippen LogP contribution in [0.25, 0.3) is 0 Å². The molecule has 0 aromatic heterocycles. The van der Waals surface area contributed by atoms with Gasteiger partial charge in [0.25, 0.3) is 0 Å². The van der Waals surface area contributed by atoms with Gasteiger partial charge in [-0.05, 0) is 29.5 Å². The minimum atomic E-state index is -1.41. The summed E-state index contributed by atoms with van der Waals surface area (Å²) in [5, 5.41) is 18.2. The van der Waals surface area contributed by atoms with Gasteiger partial charge in [0.05, 0.1) is 6.10 Å². The Balaban J connectivity index is 2.99. The van der Waals surface area contributed by atoms with E-state index >= 15 is 0 Å². The Hall–Kier alpha value is -0.618. The van der Waals surface area contributed by atoms with Crippen LogP contribution in [0.15, 0.2) is 24.3 Å². The van der Waals surface area contributed by atoms with E-state index in [0.717, 1.165) is 5.56 Å². The second-order valence-electron chi connectivity index (χ2n) is 5.97. The fourth-order valence-corrected chi connectivity index (χ4v) is 3.01. The van der Waals surface area contributed by atoms with Crippen LogP contribution in [-0.4, -0.2) is 26.2 Å². The standard InChI is InChI=1S/C13H23BO3Si/c1-13(2,3)12(17-18(4)5)10-6-8-11(9-7-10)14(15)16/h6-9,12,15-16,18H,1-5H3. The maximum Gasteiger partial charge on any atom is 0.488 e. The lowest BCUT2D eigenvalue weighted by atomic mass is 9.78. The minimum absolute atomic E-state index is 0.0244. The van der Waals surface area contributed by atoms with Gasteiger partial charge in [0.2, 0.25) is 0 Å². The lowest BCUT2D eigenvalue weighted by Crippen LogP contribution is -2.30. The molecule has 0 bridgehead atoms. The van der Waals surface area contributed by atoms with E-state index in [1.54, 1.807) is 12.1 Å². The summed E-state index contributed by atoms with van der Waals surface area (Å²) in [6.07, 6.45) is 0.0500. The Morgan fingerprint density at radius 3 is 1.94 bits per heavy atom. The van der Waals surface area contributed by atoms with Crippen molar-refractivity contribution >= 4 is 21.6 Å². The first-order chi connectivity index (χ1) is 8.21. The Labute approximate surface area is 112 Å². The van der Waals surface area contributed by atoms with Gasteiger partial charge in [-0.3, -0.25) is 0 Å². The lowest BCUT2D eigenvalue weighted by Gasteiger charge is -2.33. The molecule has 0 spiro atoms. The van der Waals surface area contributed by atoms with E-state index in [2.05, 4.69) is 33.9 Å². The largest absolute Gasteiger partial charge is 0.488 e. The number of hydrogen-bond donors (Lipinski definition) is 2. The van der Waals surface area contributed by atoms with Crippen molar-refractivity contribution < 1.29 is 14.5 Å². The van der Waals surface area contributed by atoms with Crippen LogP contribution in [0.2, 0.25) is 13.1 Å². The molecule has 0 saturated carbocycles. The summed E-state index contributed by atoms with van der Waals surface area (Å²) in [5.41, 5.74) is 1.62. The van der Waals surface area contributed by atoms with Gasteiger partial charge in [0, 0.05) is 0 Å². The van der Waals surface area contributed by atoms with Crippen LogP contribution >= 0.6 is 0 Å². The Morgan fingerprint density at radius 1 is 1.11 bits per heavy atom. The van der Waals surface area contributed by atoms with Gasteiger partial charge in [-0.15, -0.1) is 0 Å². The molecule has 0 heterocycles. The van der Waals surface area contributed by atoms with Crippen LogP contribution in [0, 0.1) is 5.41 Å². The van der Waals surface area contributed by atoms with E-state index < -0.39 is 16.2 Å². The van der Waals surface area contributed by atoms with Gasteiger partial charge in [0.1, 0.15) is 0 Å². The van der Waals surface area contributed by atoms with Crippen molar-refractivity contribution in [3.63, 3.8) is 0 Å². The third-order valence-corrected chi connectivity index (χ3v) is 3.55. The molecule has 3 nitrogen and oxygen atoms in total. The van der Waals surface area contributed by atoms with Crippen LogP contribution in [-0.2, 0) is 4.43 Å². The zero-order valence-corrected chi connectivity index (χ0v) is 13.0. The molecule has 1 rings (SSSR count). The summed E-state index contributed by atoms with van der Waals surface area (Å²) in [7, 11) is -2.54. The second-order valence-corrected chi connectivity index (χ2v) is 8.34. The fraction of sp³-hybridized carbons (Fsp3) is 0.538. The van der Waals surface area contributed by atoms with Gasteiger partial charge >= 0.3 is 7.12 Å². The molecule has 100 valence electrons. The van der Waals surface area contributed by atoms with Gasteiger partial charge in [0.15, 0.2) is 9.04 Å². The summed E-state index contributed by atoms with van der Waals surface area (Å²) in [5.74, 6) is 0. The first-order valence-electron chi connectivity index (χ1n) is 6.33. The van der Waals surface area contributed by atoms with Gasteiger partial charge < -0.3 is 14.5 Å². The molecule has 0 radical (unpaired) electrons. The predicted octanol–water partition coefficient (Wildman–Crippen LogP) is 1.45. The van der Waals surface area contributed by atoms with Crippen LogP contribution in [0.1, 0.15) is 32.4 Å². The Morgan fingerprint density at radius 2 is 1.61 bits per heavy atom. The molecule has 0 amide bonds. The Bertz CT molecular complexity index is 371. The van der Waals surface area contributed by atoms with Crippen molar-refractivity contribution in [3.05, 3.63) is 29.8 Å². The van der Waals surface area contributed by atoms with E-state index in [0.29, 0.717) is 5.46 Å². The van der Waals surface area contributed by atoms with Crippen LogP contribution < -0.4 is 5.46 Å². The highest BCUT2D eigenvalue weighted by Gasteiger charge is 2.28. The third kappa shape index (κ3) is 4.24. The van der Waals surface area contributed by atoms with E-state index in [9.17, 15) is 0 Å². The zero-order valence-electron chi connectivity index (χ0n) is 11.8. The predicted molar refractivity (Wildman–Crippen MR) is 78.4 cm³/mol. The van der Waals surface area contributed by atoms with Crippen molar-refractivity contribution in [1.29, 1.82) is 0 Å². The molecule has 1 unspecified atom stereocenters. The smallest absolute Gasteiger partial charge is 0.423 e. The highest BCUT2D eigenvalue weighted by Crippen LogP contribution is 2.36. The van der Waals surface area contributed by atoms with Crippen molar-refractivity contribution in [2.45, 2.75) is 40.0 Å². The molecule has 0 aliphatic heterocycles. The summed E-state index contributed by atoms with van der Waals surface area (Å²) >= 11 is 0. The summed E-state index contributed by atoms with van der Waals surface area (Å²) in [6, 6.07) is 7.32. The molecule has 0 aliphatic rings. The normalized spacial score (nSPS) is 13.8. The Kier molecular flexibility index (Phi) is 5.16. The maximum atomic E-state index is 9.09. The topological polar surface area (TPSA) is 49.7 Å². The molecule has 5 heteroatoms. The van der Waals surface area contributed by atoms with Crippen LogP contribution in [0.4, 0.5) is 0 Å². The van der Waals surface area contributed by atoms with Gasteiger partial charge in [-0.2, -0.15) is 0 Å². The highest BCUT2D eigenvalue weighted by molar-refractivity contribution is 6.58. The second kappa shape index (κ2) is 6.02. The molecule has 1 aromatic rings. The molecule has 0 saturated heterocycles. The molecule has 2 N–H and O–H groups in total. The fourth-order valence-electron chi connectivity index (χ4n) is 1.90. The van der Waals surface area contributed by atoms with Crippen molar-refractivity contribution in [1.82, 2.24) is 0 Å². The van der Waals surface area contributed by atoms with E-state index in [4.69, 9.17) is 14.5 Å². The van der Waals surface area contributed by atoms with Gasteiger partial charge in [-0.1, -0.05) is 45.0 Å². The van der Waals surface area contributed by atoms with Crippen LogP contribution in [0.3, 0.4) is 0 Å². The monoisotopic (exact) mass is 266 g/mol. The van der Waals surface area contributed by atoms with E-state index in [1.807, 2.05) is 12.1 Å². The van der Waals surface area contributed by atoms with Gasteiger partial charge in [-0.25, -0.2) is 0 Å². The van der Waals surface area contributed by atoms with E-state index in [-0.39, 0.29) is 11.5 Å². The number of rotatable bonds is 4. The average Bonchev–Trinajstić information content (AvgIpc) is 2.24. The first-order valence-corrected chi connectivity index (χ1v) is 9.11. The molecular weight excluding hydrogens is 243 g/mol. The highest BCUT2D eigenvalue weighted by atomic mass is 28.3. The number of hydrogen-bond acceptors (Lipinski definition) is 3. The van der Waals surface area contributed by atoms with Crippen molar-refractivity contribution in [2.24, 2.45) is 5.41 Å². The lowest BCUT2D eigenvalue weighted by molar-refractivity contribution is 0.0866. The molecule has 18 heavy (non-hydrogen) atoms. The third-order valence-electron chi connectivity index (χ3n) is 2.73. The minimum Gasteiger partial charge on any atom is -0.423 e. The zero-order chi connectivity index (χ0) is 13.9. The molecular formula is C13H23BO3Si. The number of benzene rings is 1. The molecule has 1 aromatic carbocycles. The summed E-state index contributed by atoms with van der Waals surface area (Å²) in [4.78, 5) is 0. The molecule has 0 fully saturated rings. The SMILES string of the molecule is C[SiH](C)OC(c1ccc(B(O)O)cc1)C(C)(C)C. The molecule has 0 aliphatic carbocycles. The first kappa shape index (κ1) is 15.4.